The topological polar surface area (TPSA) is 57.8 Å². The molecule has 1 aromatic heterocycles. The largest absolute Gasteiger partial charge is 0.340 e. The highest BCUT2D eigenvalue weighted by Crippen LogP contribution is 2.17. The number of carbonyl (C=O) groups is 1. The van der Waals surface area contributed by atoms with Gasteiger partial charge in [0.2, 0.25) is 0 Å². The van der Waals surface area contributed by atoms with Crippen molar-refractivity contribution in [2.24, 2.45) is 0 Å². The standard InChI is InChI=1S/C18H15N3O/c1-13-9-10-16-15(12-13)17(21-20-16)18(22)19-11-5-8-14-6-3-2-4-7-14/h2-4,6-7,9-10,12H,11H2,1H3,(H,19,22)(H,20,21). The normalized spacial score (nSPS) is 10.0. The van der Waals surface area contributed by atoms with Crippen molar-refractivity contribution in [2.45, 2.75) is 6.92 Å². The van der Waals surface area contributed by atoms with Crippen LogP contribution in [-0.2, 0) is 0 Å². The van der Waals surface area contributed by atoms with Crippen molar-refractivity contribution in [1.82, 2.24) is 15.5 Å². The lowest BCUT2D eigenvalue weighted by Gasteiger charge is -1.99. The number of hydrogen-bond acceptors (Lipinski definition) is 2. The quantitative estimate of drug-likeness (QED) is 0.713. The van der Waals surface area contributed by atoms with E-state index >= 15 is 0 Å². The summed E-state index contributed by atoms with van der Waals surface area (Å²) in [4.78, 5) is 12.2. The van der Waals surface area contributed by atoms with Crippen LogP contribution >= 0.6 is 0 Å². The summed E-state index contributed by atoms with van der Waals surface area (Å²) in [5.41, 5.74) is 3.27. The maximum absolute atomic E-state index is 12.2. The zero-order valence-electron chi connectivity index (χ0n) is 12.2. The van der Waals surface area contributed by atoms with Crippen molar-refractivity contribution in [3.05, 3.63) is 65.4 Å². The first-order chi connectivity index (χ1) is 10.7. The number of benzene rings is 2. The molecule has 0 saturated carbocycles. The number of aromatic amines is 1. The fourth-order valence-electron chi connectivity index (χ4n) is 2.18. The SMILES string of the molecule is Cc1ccc2[nH]nc(C(=O)NCC#Cc3ccccc3)c2c1. The zero-order valence-corrected chi connectivity index (χ0v) is 12.2. The molecule has 2 N–H and O–H groups in total. The minimum absolute atomic E-state index is 0.223. The van der Waals surface area contributed by atoms with Gasteiger partial charge in [0.05, 0.1) is 12.1 Å². The Labute approximate surface area is 128 Å². The Kier molecular flexibility index (Phi) is 3.88. The average molecular weight is 289 g/mol. The fourth-order valence-corrected chi connectivity index (χ4v) is 2.18. The van der Waals surface area contributed by atoms with Crippen LogP contribution in [0.15, 0.2) is 48.5 Å². The number of fused-ring (bicyclic) bond motifs is 1. The first-order valence-corrected chi connectivity index (χ1v) is 7.01. The summed E-state index contributed by atoms with van der Waals surface area (Å²) in [7, 11) is 0. The molecule has 1 heterocycles. The third-order valence-corrected chi connectivity index (χ3v) is 3.28. The van der Waals surface area contributed by atoms with Gasteiger partial charge in [-0.1, -0.05) is 41.7 Å². The van der Waals surface area contributed by atoms with Gasteiger partial charge < -0.3 is 5.32 Å². The van der Waals surface area contributed by atoms with E-state index in [9.17, 15) is 4.79 Å². The van der Waals surface area contributed by atoms with E-state index in [2.05, 4.69) is 27.4 Å². The Balaban J connectivity index is 1.69. The first-order valence-electron chi connectivity index (χ1n) is 7.01. The molecular weight excluding hydrogens is 274 g/mol. The lowest BCUT2D eigenvalue weighted by Crippen LogP contribution is -2.24. The van der Waals surface area contributed by atoms with Crippen LogP contribution in [0.3, 0.4) is 0 Å². The molecule has 4 nitrogen and oxygen atoms in total. The van der Waals surface area contributed by atoms with Crippen LogP contribution in [0, 0.1) is 18.8 Å². The minimum Gasteiger partial charge on any atom is -0.340 e. The van der Waals surface area contributed by atoms with Gasteiger partial charge in [0.15, 0.2) is 5.69 Å². The second-order valence-corrected chi connectivity index (χ2v) is 4.97. The van der Waals surface area contributed by atoms with Crippen molar-refractivity contribution >= 4 is 16.8 Å². The van der Waals surface area contributed by atoms with Crippen LogP contribution in [0.4, 0.5) is 0 Å². The van der Waals surface area contributed by atoms with Crippen LogP contribution in [-0.4, -0.2) is 22.6 Å². The molecule has 4 heteroatoms. The summed E-state index contributed by atoms with van der Waals surface area (Å²) in [6.45, 7) is 2.27. The molecule has 0 unspecified atom stereocenters. The molecule has 0 saturated heterocycles. The number of carbonyl (C=O) groups excluding carboxylic acids is 1. The lowest BCUT2D eigenvalue weighted by molar-refractivity contribution is 0.0955. The molecule has 0 aliphatic carbocycles. The first kappa shape index (κ1) is 13.9. The van der Waals surface area contributed by atoms with Crippen LogP contribution in [0.5, 0.6) is 0 Å². The molecule has 0 bridgehead atoms. The van der Waals surface area contributed by atoms with Crippen molar-refractivity contribution < 1.29 is 4.79 Å². The predicted octanol–water partition coefficient (Wildman–Crippen LogP) is 2.65. The summed E-state index contributed by atoms with van der Waals surface area (Å²) in [5.74, 6) is 5.71. The summed E-state index contributed by atoms with van der Waals surface area (Å²) in [6.07, 6.45) is 0. The maximum Gasteiger partial charge on any atom is 0.273 e. The van der Waals surface area contributed by atoms with Gasteiger partial charge >= 0.3 is 0 Å². The molecular formula is C18H15N3O. The van der Waals surface area contributed by atoms with Gasteiger partial charge in [0.1, 0.15) is 0 Å². The average Bonchev–Trinajstić information content (AvgIpc) is 2.95. The van der Waals surface area contributed by atoms with Gasteiger partial charge in [-0.15, -0.1) is 0 Å². The maximum atomic E-state index is 12.2. The number of amides is 1. The van der Waals surface area contributed by atoms with Crippen LogP contribution in [0.25, 0.3) is 10.9 Å². The van der Waals surface area contributed by atoms with Gasteiger partial charge in [-0.3, -0.25) is 9.89 Å². The molecule has 0 aliphatic rings. The smallest absolute Gasteiger partial charge is 0.273 e. The molecule has 0 aliphatic heterocycles. The van der Waals surface area contributed by atoms with E-state index in [0.717, 1.165) is 22.0 Å². The van der Waals surface area contributed by atoms with Crippen molar-refractivity contribution in [3.8, 4) is 11.8 Å². The summed E-state index contributed by atoms with van der Waals surface area (Å²) in [5, 5.41) is 10.6. The van der Waals surface area contributed by atoms with Crippen molar-refractivity contribution in [1.29, 1.82) is 0 Å². The molecule has 2 aromatic carbocycles. The predicted molar refractivity (Wildman–Crippen MR) is 86.5 cm³/mol. The third-order valence-electron chi connectivity index (χ3n) is 3.28. The second kappa shape index (κ2) is 6.15. The molecule has 0 spiro atoms. The molecule has 0 radical (unpaired) electrons. The molecule has 3 rings (SSSR count). The van der Waals surface area contributed by atoms with Gasteiger partial charge in [-0.2, -0.15) is 5.10 Å². The number of hydrogen-bond donors (Lipinski definition) is 2. The van der Waals surface area contributed by atoms with Gasteiger partial charge in [0, 0.05) is 10.9 Å². The van der Waals surface area contributed by atoms with Crippen LogP contribution in [0.2, 0.25) is 0 Å². The van der Waals surface area contributed by atoms with Crippen LogP contribution < -0.4 is 5.32 Å². The van der Waals surface area contributed by atoms with E-state index in [0.29, 0.717) is 5.69 Å². The number of nitrogens with one attached hydrogen (secondary N) is 2. The number of aromatic nitrogens is 2. The fraction of sp³-hybridized carbons (Fsp3) is 0.111. The van der Waals surface area contributed by atoms with Crippen molar-refractivity contribution in [3.63, 3.8) is 0 Å². The lowest BCUT2D eigenvalue weighted by atomic mass is 10.1. The van der Waals surface area contributed by atoms with E-state index in [1.807, 2.05) is 55.5 Å². The Bertz CT molecular complexity index is 869. The molecule has 3 aromatic rings. The Morgan fingerprint density at radius 3 is 2.86 bits per heavy atom. The second-order valence-electron chi connectivity index (χ2n) is 4.97. The third kappa shape index (κ3) is 2.99. The Hall–Kier alpha value is -3.06. The number of nitrogens with zero attached hydrogens (tertiary/aromatic N) is 1. The van der Waals surface area contributed by atoms with Gasteiger partial charge in [-0.05, 0) is 31.2 Å². The molecule has 108 valence electrons. The monoisotopic (exact) mass is 289 g/mol. The number of aryl methyl sites for hydroxylation is 1. The number of H-pyrrole nitrogens is 1. The molecule has 22 heavy (non-hydrogen) atoms. The summed E-state index contributed by atoms with van der Waals surface area (Å²) < 4.78 is 0. The summed E-state index contributed by atoms with van der Waals surface area (Å²) in [6, 6.07) is 15.5. The Morgan fingerprint density at radius 2 is 2.05 bits per heavy atom. The van der Waals surface area contributed by atoms with E-state index in [-0.39, 0.29) is 12.5 Å². The number of rotatable bonds is 2. The minimum atomic E-state index is -0.223. The van der Waals surface area contributed by atoms with Crippen LogP contribution in [0.1, 0.15) is 21.6 Å². The Morgan fingerprint density at radius 1 is 1.23 bits per heavy atom. The van der Waals surface area contributed by atoms with E-state index in [1.165, 1.54) is 0 Å². The van der Waals surface area contributed by atoms with E-state index in [1.54, 1.807) is 0 Å². The summed E-state index contributed by atoms with van der Waals surface area (Å²) >= 11 is 0. The molecule has 0 fully saturated rings. The molecule has 0 atom stereocenters. The van der Waals surface area contributed by atoms with E-state index in [4.69, 9.17) is 0 Å². The van der Waals surface area contributed by atoms with Gasteiger partial charge in [-0.25, -0.2) is 0 Å². The highest BCUT2D eigenvalue weighted by molar-refractivity contribution is 6.04. The highest BCUT2D eigenvalue weighted by Gasteiger charge is 2.13. The van der Waals surface area contributed by atoms with Crippen molar-refractivity contribution in [2.75, 3.05) is 6.54 Å². The molecule has 1 amide bonds. The van der Waals surface area contributed by atoms with Gasteiger partial charge in [0.25, 0.3) is 5.91 Å². The highest BCUT2D eigenvalue weighted by atomic mass is 16.1. The van der Waals surface area contributed by atoms with E-state index < -0.39 is 0 Å². The zero-order chi connectivity index (χ0) is 15.4.